The number of nitrogens with zero attached hydrogens (tertiary/aromatic N) is 3. The molecule has 3 aromatic rings. The highest BCUT2D eigenvalue weighted by Gasteiger charge is 2.14. The summed E-state index contributed by atoms with van der Waals surface area (Å²) < 4.78 is 12.2. The van der Waals surface area contributed by atoms with Crippen LogP contribution in [0.3, 0.4) is 0 Å². The third-order valence-corrected chi connectivity index (χ3v) is 4.95. The Morgan fingerprint density at radius 3 is 2.12 bits per heavy atom. The normalized spacial score (nSPS) is 10.6. The molecule has 0 atom stereocenters. The number of rotatable bonds is 7. The first-order valence-corrected chi connectivity index (χ1v) is 8.95. The van der Waals surface area contributed by atoms with Crippen molar-refractivity contribution in [1.29, 1.82) is 0 Å². The largest absolute Gasteiger partial charge is 0.497 e. The lowest BCUT2D eigenvalue weighted by molar-refractivity contribution is 0.102. The Kier molecular flexibility index (Phi) is 5.58. The van der Waals surface area contributed by atoms with Gasteiger partial charge < -0.3 is 14.0 Å². The number of Topliss-reactive ketones (excluding diaryl/α,β-unsaturated/α-hetero) is 1. The van der Waals surface area contributed by atoms with Gasteiger partial charge in [-0.05, 0) is 48.5 Å². The minimum Gasteiger partial charge on any atom is -0.497 e. The highest BCUT2D eigenvalue weighted by Crippen LogP contribution is 2.25. The van der Waals surface area contributed by atoms with E-state index in [1.807, 2.05) is 35.9 Å². The number of benzene rings is 2. The van der Waals surface area contributed by atoms with E-state index in [1.165, 1.54) is 11.8 Å². The number of ether oxygens (including phenoxy) is 2. The number of hydrogen-bond acceptors (Lipinski definition) is 6. The van der Waals surface area contributed by atoms with Crippen LogP contribution in [-0.4, -0.2) is 40.5 Å². The molecule has 134 valence electrons. The first-order chi connectivity index (χ1) is 12.6. The molecule has 0 aliphatic carbocycles. The Bertz CT molecular complexity index is 889. The number of ketones is 1. The highest BCUT2D eigenvalue weighted by atomic mass is 32.2. The van der Waals surface area contributed by atoms with Crippen molar-refractivity contribution in [2.75, 3.05) is 20.0 Å². The monoisotopic (exact) mass is 369 g/mol. The van der Waals surface area contributed by atoms with Gasteiger partial charge in [-0.3, -0.25) is 4.79 Å². The Balaban J connectivity index is 1.68. The van der Waals surface area contributed by atoms with Crippen molar-refractivity contribution in [3.05, 3.63) is 54.1 Å². The quantitative estimate of drug-likeness (QED) is 0.469. The summed E-state index contributed by atoms with van der Waals surface area (Å²) in [5.41, 5.74) is 1.59. The fraction of sp³-hybridized carbons (Fsp3) is 0.211. The molecule has 7 heteroatoms. The van der Waals surface area contributed by atoms with Crippen molar-refractivity contribution >= 4 is 17.5 Å². The van der Waals surface area contributed by atoms with Crippen molar-refractivity contribution in [1.82, 2.24) is 14.8 Å². The Hall–Kier alpha value is -2.80. The van der Waals surface area contributed by atoms with Crippen molar-refractivity contribution in [2.24, 2.45) is 7.05 Å². The summed E-state index contributed by atoms with van der Waals surface area (Å²) in [6.07, 6.45) is 0. The van der Waals surface area contributed by atoms with E-state index >= 15 is 0 Å². The predicted octanol–water partition coefficient (Wildman–Crippen LogP) is 3.47. The van der Waals surface area contributed by atoms with Crippen LogP contribution in [0.2, 0.25) is 0 Å². The zero-order valence-corrected chi connectivity index (χ0v) is 15.6. The van der Waals surface area contributed by atoms with E-state index in [2.05, 4.69) is 10.2 Å². The highest BCUT2D eigenvalue weighted by molar-refractivity contribution is 7.99. The molecule has 2 aromatic carbocycles. The molecule has 0 amide bonds. The topological polar surface area (TPSA) is 66.2 Å². The lowest BCUT2D eigenvalue weighted by Gasteiger charge is -2.05. The van der Waals surface area contributed by atoms with Gasteiger partial charge in [-0.2, -0.15) is 0 Å². The lowest BCUT2D eigenvalue weighted by Crippen LogP contribution is -2.04. The van der Waals surface area contributed by atoms with Gasteiger partial charge in [0, 0.05) is 18.2 Å². The standard InChI is InChI=1S/C19H19N3O3S/c1-22-18(14-6-10-16(25-3)11-7-14)20-21-19(22)26-12-17(23)13-4-8-15(24-2)9-5-13/h4-11H,12H2,1-3H3. The summed E-state index contributed by atoms with van der Waals surface area (Å²) in [6.45, 7) is 0. The molecule has 3 rings (SSSR count). The molecule has 1 heterocycles. The van der Waals surface area contributed by atoms with Crippen molar-refractivity contribution in [3.63, 3.8) is 0 Å². The molecule has 1 aromatic heterocycles. The number of aromatic nitrogens is 3. The smallest absolute Gasteiger partial charge is 0.191 e. The Morgan fingerprint density at radius 1 is 0.962 bits per heavy atom. The molecular formula is C19H19N3O3S. The van der Waals surface area contributed by atoms with Gasteiger partial charge in [0.05, 0.1) is 20.0 Å². The first-order valence-electron chi connectivity index (χ1n) is 7.96. The summed E-state index contributed by atoms with van der Waals surface area (Å²) >= 11 is 1.37. The van der Waals surface area contributed by atoms with Crippen molar-refractivity contribution in [3.8, 4) is 22.9 Å². The first kappa shape index (κ1) is 18.0. The molecule has 0 unspecified atom stereocenters. The van der Waals surface area contributed by atoms with E-state index in [0.29, 0.717) is 16.5 Å². The van der Waals surface area contributed by atoms with Crippen LogP contribution in [0.15, 0.2) is 53.7 Å². The number of carbonyl (C=O) groups excluding carboxylic acids is 1. The van der Waals surface area contributed by atoms with Gasteiger partial charge >= 0.3 is 0 Å². The van der Waals surface area contributed by atoms with Crippen LogP contribution < -0.4 is 9.47 Å². The van der Waals surface area contributed by atoms with Crippen LogP contribution in [0.25, 0.3) is 11.4 Å². The number of hydrogen-bond donors (Lipinski definition) is 0. The van der Waals surface area contributed by atoms with Crippen LogP contribution in [0.1, 0.15) is 10.4 Å². The lowest BCUT2D eigenvalue weighted by atomic mass is 10.1. The van der Waals surface area contributed by atoms with Crippen LogP contribution in [-0.2, 0) is 7.05 Å². The van der Waals surface area contributed by atoms with E-state index in [4.69, 9.17) is 9.47 Å². The average molecular weight is 369 g/mol. The fourth-order valence-corrected chi connectivity index (χ4v) is 3.23. The van der Waals surface area contributed by atoms with E-state index in [-0.39, 0.29) is 5.78 Å². The Labute approximate surface area is 156 Å². The minimum atomic E-state index is 0.0339. The van der Waals surface area contributed by atoms with Crippen LogP contribution in [0, 0.1) is 0 Å². The second-order valence-electron chi connectivity index (χ2n) is 5.53. The second-order valence-corrected chi connectivity index (χ2v) is 6.48. The van der Waals surface area contributed by atoms with Crippen molar-refractivity contribution < 1.29 is 14.3 Å². The summed E-state index contributed by atoms with van der Waals surface area (Å²) in [4.78, 5) is 12.3. The van der Waals surface area contributed by atoms with E-state index in [0.717, 1.165) is 22.9 Å². The summed E-state index contributed by atoms with van der Waals surface area (Å²) in [6, 6.07) is 14.7. The van der Waals surface area contributed by atoms with Crippen LogP contribution in [0.5, 0.6) is 11.5 Å². The molecule has 0 saturated carbocycles. The third kappa shape index (κ3) is 3.88. The summed E-state index contributed by atoms with van der Waals surface area (Å²) in [5, 5.41) is 9.13. The second kappa shape index (κ2) is 8.05. The van der Waals surface area contributed by atoms with Gasteiger partial charge in [0.25, 0.3) is 0 Å². The fourth-order valence-electron chi connectivity index (χ4n) is 2.42. The van der Waals surface area contributed by atoms with Gasteiger partial charge in [0.2, 0.25) is 0 Å². The molecule has 0 aliphatic rings. The minimum absolute atomic E-state index is 0.0339. The van der Waals surface area contributed by atoms with Gasteiger partial charge in [0.15, 0.2) is 16.8 Å². The van der Waals surface area contributed by atoms with Crippen molar-refractivity contribution in [2.45, 2.75) is 5.16 Å². The molecule has 0 spiro atoms. The predicted molar refractivity (Wildman–Crippen MR) is 101 cm³/mol. The van der Waals surface area contributed by atoms with Crippen LogP contribution in [0.4, 0.5) is 0 Å². The summed E-state index contributed by atoms with van der Waals surface area (Å²) in [5.74, 6) is 2.59. The van der Waals surface area contributed by atoms with E-state index in [1.54, 1.807) is 38.5 Å². The molecular weight excluding hydrogens is 350 g/mol. The molecule has 0 radical (unpaired) electrons. The maximum atomic E-state index is 12.3. The van der Waals surface area contributed by atoms with E-state index in [9.17, 15) is 4.79 Å². The molecule has 6 nitrogen and oxygen atoms in total. The van der Waals surface area contributed by atoms with Gasteiger partial charge in [0.1, 0.15) is 11.5 Å². The van der Waals surface area contributed by atoms with Gasteiger partial charge in [-0.15, -0.1) is 10.2 Å². The molecule has 0 saturated heterocycles. The molecule has 0 N–H and O–H groups in total. The zero-order valence-electron chi connectivity index (χ0n) is 14.8. The van der Waals surface area contributed by atoms with Gasteiger partial charge in [-0.1, -0.05) is 11.8 Å². The molecule has 0 aliphatic heterocycles. The average Bonchev–Trinajstić information content (AvgIpc) is 3.06. The zero-order chi connectivity index (χ0) is 18.5. The van der Waals surface area contributed by atoms with Gasteiger partial charge in [-0.25, -0.2) is 0 Å². The molecule has 0 fully saturated rings. The summed E-state index contributed by atoms with van der Waals surface area (Å²) in [7, 11) is 5.12. The van der Waals surface area contributed by atoms with E-state index < -0.39 is 0 Å². The third-order valence-electron chi connectivity index (χ3n) is 3.93. The molecule has 26 heavy (non-hydrogen) atoms. The maximum absolute atomic E-state index is 12.3. The number of methoxy groups -OCH3 is 2. The SMILES string of the molecule is COc1ccc(C(=O)CSc2nnc(-c3ccc(OC)cc3)n2C)cc1. The number of thioether (sulfide) groups is 1. The Morgan fingerprint density at radius 2 is 1.54 bits per heavy atom. The van der Waals surface area contributed by atoms with Crippen LogP contribution >= 0.6 is 11.8 Å². The maximum Gasteiger partial charge on any atom is 0.191 e. The molecule has 0 bridgehead atoms. The number of carbonyl (C=O) groups is 1.